The lowest BCUT2D eigenvalue weighted by atomic mass is 9.99. The Labute approximate surface area is 114 Å². The normalized spacial score (nSPS) is 17.2. The summed E-state index contributed by atoms with van der Waals surface area (Å²) < 4.78 is 5.79. The van der Waals surface area contributed by atoms with Gasteiger partial charge in [0.2, 0.25) is 0 Å². The van der Waals surface area contributed by atoms with Crippen molar-refractivity contribution in [3.63, 3.8) is 0 Å². The van der Waals surface area contributed by atoms with Gasteiger partial charge in [0.1, 0.15) is 0 Å². The van der Waals surface area contributed by atoms with Gasteiger partial charge in [0.15, 0.2) is 0 Å². The minimum Gasteiger partial charge on any atom is -0.381 e. The molecule has 0 spiro atoms. The molecule has 0 unspecified atom stereocenters. The summed E-state index contributed by atoms with van der Waals surface area (Å²) in [6, 6.07) is 0. The number of rotatable bonds is 11. The fourth-order valence-electron chi connectivity index (χ4n) is 2.64. The van der Waals surface area contributed by atoms with E-state index in [-0.39, 0.29) is 0 Å². The molecule has 1 rings (SSSR count). The maximum atomic E-state index is 5.79. The van der Waals surface area contributed by atoms with Crippen molar-refractivity contribution in [2.45, 2.75) is 71.1 Å². The average Bonchev–Trinajstić information content (AvgIpc) is 2.42. The van der Waals surface area contributed by atoms with Crippen LogP contribution in [0.4, 0.5) is 0 Å². The number of piperidine rings is 1. The van der Waals surface area contributed by atoms with Crippen molar-refractivity contribution in [2.24, 2.45) is 5.92 Å². The van der Waals surface area contributed by atoms with E-state index < -0.39 is 0 Å². The molecule has 2 heteroatoms. The molecule has 0 aromatic rings. The van der Waals surface area contributed by atoms with Crippen LogP contribution in [-0.2, 0) is 4.74 Å². The SMILES string of the molecule is CCCCCCCCCCOCC1CCNCC1. The quantitative estimate of drug-likeness (QED) is 0.560. The molecule has 1 N–H and O–H groups in total. The Bertz CT molecular complexity index is 166. The second-order valence-corrected chi connectivity index (χ2v) is 5.74. The van der Waals surface area contributed by atoms with Crippen molar-refractivity contribution in [1.82, 2.24) is 5.32 Å². The molecule has 0 saturated carbocycles. The van der Waals surface area contributed by atoms with Crippen LogP contribution >= 0.6 is 0 Å². The summed E-state index contributed by atoms with van der Waals surface area (Å²) in [6.45, 7) is 6.63. The third-order valence-corrected chi connectivity index (χ3v) is 3.95. The van der Waals surface area contributed by atoms with Crippen molar-refractivity contribution in [1.29, 1.82) is 0 Å². The standard InChI is InChI=1S/C16H33NO/c1-2-3-4-5-6-7-8-9-14-18-15-16-10-12-17-13-11-16/h16-17H,2-15H2,1H3. The number of unbranched alkanes of at least 4 members (excludes halogenated alkanes) is 7. The Kier molecular flexibility index (Phi) is 10.6. The maximum Gasteiger partial charge on any atom is 0.0495 e. The van der Waals surface area contributed by atoms with Crippen LogP contribution in [0.15, 0.2) is 0 Å². The van der Waals surface area contributed by atoms with Crippen LogP contribution in [0, 0.1) is 5.92 Å². The summed E-state index contributed by atoms with van der Waals surface area (Å²) >= 11 is 0. The van der Waals surface area contributed by atoms with E-state index in [1.165, 1.54) is 77.3 Å². The Balaban J connectivity index is 1.73. The summed E-state index contributed by atoms with van der Waals surface area (Å²) in [4.78, 5) is 0. The summed E-state index contributed by atoms with van der Waals surface area (Å²) in [6.07, 6.45) is 13.7. The molecular weight excluding hydrogens is 222 g/mol. The van der Waals surface area contributed by atoms with Crippen molar-refractivity contribution in [3.05, 3.63) is 0 Å². The maximum absolute atomic E-state index is 5.79. The van der Waals surface area contributed by atoms with Gasteiger partial charge in [0.25, 0.3) is 0 Å². The van der Waals surface area contributed by atoms with E-state index in [2.05, 4.69) is 12.2 Å². The monoisotopic (exact) mass is 255 g/mol. The van der Waals surface area contributed by atoms with Crippen LogP contribution < -0.4 is 5.32 Å². The van der Waals surface area contributed by atoms with E-state index in [0.717, 1.165) is 19.1 Å². The molecule has 1 aliphatic heterocycles. The van der Waals surface area contributed by atoms with Gasteiger partial charge in [0.05, 0.1) is 0 Å². The summed E-state index contributed by atoms with van der Waals surface area (Å²) in [5, 5.41) is 3.40. The van der Waals surface area contributed by atoms with Gasteiger partial charge in [-0.2, -0.15) is 0 Å². The van der Waals surface area contributed by atoms with Gasteiger partial charge in [-0.15, -0.1) is 0 Å². The van der Waals surface area contributed by atoms with Crippen molar-refractivity contribution in [3.8, 4) is 0 Å². The second-order valence-electron chi connectivity index (χ2n) is 5.74. The molecule has 0 aromatic carbocycles. The summed E-state index contributed by atoms with van der Waals surface area (Å²) in [7, 11) is 0. The van der Waals surface area contributed by atoms with Gasteiger partial charge >= 0.3 is 0 Å². The van der Waals surface area contributed by atoms with Crippen LogP contribution in [-0.4, -0.2) is 26.3 Å². The van der Waals surface area contributed by atoms with E-state index >= 15 is 0 Å². The van der Waals surface area contributed by atoms with E-state index in [9.17, 15) is 0 Å². The van der Waals surface area contributed by atoms with Crippen LogP contribution in [0.3, 0.4) is 0 Å². The number of ether oxygens (including phenoxy) is 1. The molecule has 0 atom stereocenters. The lowest BCUT2D eigenvalue weighted by Crippen LogP contribution is -2.30. The third kappa shape index (κ3) is 8.93. The van der Waals surface area contributed by atoms with Crippen molar-refractivity contribution < 1.29 is 4.74 Å². The number of hydrogen-bond acceptors (Lipinski definition) is 2. The van der Waals surface area contributed by atoms with E-state index in [1.807, 2.05) is 0 Å². The molecule has 1 fully saturated rings. The first-order valence-electron chi connectivity index (χ1n) is 8.22. The predicted octanol–water partition coefficient (Wildman–Crippen LogP) is 4.14. The zero-order valence-electron chi connectivity index (χ0n) is 12.4. The molecule has 1 aliphatic rings. The fourth-order valence-corrected chi connectivity index (χ4v) is 2.64. The Hall–Kier alpha value is -0.0800. The van der Waals surface area contributed by atoms with Gasteiger partial charge in [-0.3, -0.25) is 0 Å². The minimum atomic E-state index is 0.820. The lowest BCUT2D eigenvalue weighted by molar-refractivity contribution is 0.0849. The molecule has 1 heterocycles. The first kappa shape index (κ1) is 16.0. The highest BCUT2D eigenvalue weighted by molar-refractivity contribution is 4.67. The summed E-state index contributed by atoms with van der Waals surface area (Å²) in [5.74, 6) is 0.820. The fraction of sp³-hybridized carbons (Fsp3) is 1.00. The van der Waals surface area contributed by atoms with Gasteiger partial charge in [0, 0.05) is 13.2 Å². The number of nitrogens with one attached hydrogen (secondary N) is 1. The molecule has 0 aromatic heterocycles. The third-order valence-electron chi connectivity index (χ3n) is 3.95. The highest BCUT2D eigenvalue weighted by Crippen LogP contribution is 2.12. The van der Waals surface area contributed by atoms with Crippen molar-refractivity contribution in [2.75, 3.05) is 26.3 Å². The van der Waals surface area contributed by atoms with Crippen LogP contribution in [0.2, 0.25) is 0 Å². The van der Waals surface area contributed by atoms with E-state index in [4.69, 9.17) is 4.74 Å². The molecule has 108 valence electrons. The van der Waals surface area contributed by atoms with E-state index in [0.29, 0.717) is 0 Å². The zero-order chi connectivity index (χ0) is 12.9. The predicted molar refractivity (Wildman–Crippen MR) is 79.0 cm³/mol. The molecule has 18 heavy (non-hydrogen) atoms. The lowest BCUT2D eigenvalue weighted by Gasteiger charge is -2.22. The van der Waals surface area contributed by atoms with E-state index in [1.54, 1.807) is 0 Å². The topological polar surface area (TPSA) is 21.3 Å². The van der Waals surface area contributed by atoms with Gasteiger partial charge in [-0.05, 0) is 38.3 Å². The zero-order valence-corrected chi connectivity index (χ0v) is 12.4. The molecule has 0 radical (unpaired) electrons. The molecule has 0 bridgehead atoms. The highest BCUT2D eigenvalue weighted by atomic mass is 16.5. The van der Waals surface area contributed by atoms with Gasteiger partial charge < -0.3 is 10.1 Å². The Morgan fingerprint density at radius 1 is 0.889 bits per heavy atom. The minimum absolute atomic E-state index is 0.820. The molecule has 1 saturated heterocycles. The Morgan fingerprint density at radius 2 is 1.50 bits per heavy atom. The summed E-state index contributed by atoms with van der Waals surface area (Å²) in [5.41, 5.74) is 0. The molecule has 0 amide bonds. The smallest absolute Gasteiger partial charge is 0.0495 e. The first-order chi connectivity index (χ1) is 8.93. The highest BCUT2D eigenvalue weighted by Gasteiger charge is 2.12. The van der Waals surface area contributed by atoms with Gasteiger partial charge in [-0.25, -0.2) is 0 Å². The largest absolute Gasteiger partial charge is 0.381 e. The van der Waals surface area contributed by atoms with Crippen LogP contribution in [0.5, 0.6) is 0 Å². The molecule has 2 nitrogen and oxygen atoms in total. The van der Waals surface area contributed by atoms with Crippen molar-refractivity contribution >= 4 is 0 Å². The average molecular weight is 255 g/mol. The molecular formula is C16H33NO. The second kappa shape index (κ2) is 12.0. The number of hydrogen-bond donors (Lipinski definition) is 1. The van der Waals surface area contributed by atoms with Gasteiger partial charge in [-0.1, -0.05) is 51.9 Å². The van der Waals surface area contributed by atoms with Crippen LogP contribution in [0.25, 0.3) is 0 Å². The Morgan fingerprint density at radius 3 is 2.17 bits per heavy atom. The van der Waals surface area contributed by atoms with Crippen LogP contribution in [0.1, 0.15) is 71.1 Å². The molecule has 0 aliphatic carbocycles. The first-order valence-corrected chi connectivity index (χ1v) is 8.22.